The number of rotatable bonds is 6. The van der Waals surface area contributed by atoms with Crippen molar-refractivity contribution in [2.75, 3.05) is 28.6 Å². The Kier molecular flexibility index (Phi) is 7.24. The summed E-state index contributed by atoms with van der Waals surface area (Å²) in [6, 6.07) is 20.4. The summed E-state index contributed by atoms with van der Waals surface area (Å²) in [6.07, 6.45) is 0. The van der Waals surface area contributed by atoms with Gasteiger partial charge in [-0.15, -0.1) is 0 Å². The average molecular weight is 427 g/mol. The Bertz CT molecular complexity index is 982. The van der Waals surface area contributed by atoms with Gasteiger partial charge in [0.1, 0.15) is 5.82 Å². The molecule has 154 valence electrons. The topological polar surface area (TPSA) is 73.5 Å². The fourth-order valence-electron chi connectivity index (χ4n) is 2.67. The molecule has 0 fully saturated rings. The van der Waals surface area contributed by atoms with Crippen molar-refractivity contribution >= 4 is 40.7 Å². The minimum absolute atomic E-state index is 0.174. The van der Waals surface area contributed by atoms with Crippen LogP contribution in [0.2, 0.25) is 5.02 Å². The predicted molar refractivity (Wildman–Crippen MR) is 118 cm³/mol. The number of carbonyl (C=O) groups is 2. The number of benzene rings is 3. The van der Waals surface area contributed by atoms with E-state index in [-0.39, 0.29) is 13.1 Å². The van der Waals surface area contributed by atoms with Crippen molar-refractivity contribution in [3.05, 3.63) is 89.7 Å². The standard InChI is InChI=1S/C22H20ClFN4O2/c23-16-6-10-19(11-7-16)27-22(30)28(20-12-8-17(24)9-13-20)15-14-25-21(29)26-18-4-2-1-3-5-18/h1-13H,14-15H2,(H,27,30)(H2,25,26,29). The first-order valence-corrected chi connectivity index (χ1v) is 9.58. The van der Waals surface area contributed by atoms with Crippen molar-refractivity contribution in [1.29, 1.82) is 0 Å². The third-order valence-electron chi connectivity index (χ3n) is 4.13. The van der Waals surface area contributed by atoms with Crippen LogP contribution < -0.4 is 20.9 Å². The molecule has 0 aliphatic heterocycles. The van der Waals surface area contributed by atoms with Gasteiger partial charge in [0.15, 0.2) is 0 Å². The highest BCUT2D eigenvalue weighted by atomic mass is 35.5. The molecule has 0 bridgehead atoms. The maximum atomic E-state index is 13.3. The van der Waals surface area contributed by atoms with Gasteiger partial charge in [-0.2, -0.15) is 0 Å². The van der Waals surface area contributed by atoms with Crippen LogP contribution in [0, 0.1) is 5.82 Å². The summed E-state index contributed by atoms with van der Waals surface area (Å²) in [7, 11) is 0. The van der Waals surface area contributed by atoms with Crippen molar-refractivity contribution in [3.63, 3.8) is 0 Å². The Morgan fingerprint density at radius 1 is 0.833 bits per heavy atom. The molecule has 3 rings (SSSR count). The van der Waals surface area contributed by atoms with Crippen molar-refractivity contribution < 1.29 is 14.0 Å². The van der Waals surface area contributed by atoms with E-state index >= 15 is 0 Å². The van der Waals surface area contributed by atoms with Crippen LogP contribution in [0.15, 0.2) is 78.9 Å². The lowest BCUT2D eigenvalue weighted by atomic mass is 10.2. The number of amides is 4. The van der Waals surface area contributed by atoms with E-state index in [2.05, 4.69) is 16.0 Å². The fraction of sp³-hybridized carbons (Fsp3) is 0.0909. The van der Waals surface area contributed by atoms with Crippen LogP contribution in [-0.4, -0.2) is 25.2 Å². The SMILES string of the molecule is O=C(NCCN(C(=O)Nc1ccc(Cl)cc1)c1ccc(F)cc1)Nc1ccccc1. The second kappa shape index (κ2) is 10.3. The van der Waals surface area contributed by atoms with E-state index < -0.39 is 17.9 Å². The van der Waals surface area contributed by atoms with Crippen LogP contribution >= 0.6 is 11.6 Å². The van der Waals surface area contributed by atoms with E-state index in [4.69, 9.17) is 11.6 Å². The third-order valence-corrected chi connectivity index (χ3v) is 4.38. The van der Waals surface area contributed by atoms with Crippen LogP contribution in [0.4, 0.5) is 31.0 Å². The molecular formula is C22H20ClFN4O2. The van der Waals surface area contributed by atoms with Gasteiger partial charge in [-0.25, -0.2) is 14.0 Å². The highest BCUT2D eigenvalue weighted by molar-refractivity contribution is 6.30. The van der Waals surface area contributed by atoms with Crippen molar-refractivity contribution in [2.45, 2.75) is 0 Å². The van der Waals surface area contributed by atoms with Crippen LogP contribution in [0.3, 0.4) is 0 Å². The van der Waals surface area contributed by atoms with E-state index in [1.165, 1.54) is 29.2 Å². The molecule has 0 spiro atoms. The molecule has 0 radical (unpaired) electrons. The van der Waals surface area contributed by atoms with E-state index in [1.54, 1.807) is 36.4 Å². The zero-order valence-electron chi connectivity index (χ0n) is 15.9. The molecule has 0 aliphatic carbocycles. The largest absolute Gasteiger partial charge is 0.336 e. The van der Waals surface area contributed by atoms with Crippen molar-refractivity contribution in [3.8, 4) is 0 Å². The summed E-state index contributed by atoms with van der Waals surface area (Å²) in [5, 5.41) is 8.73. The average Bonchev–Trinajstić information content (AvgIpc) is 2.74. The smallest absolute Gasteiger partial charge is 0.326 e. The highest BCUT2D eigenvalue weighted by Gasteiger charge is 2.16. The van der Waals surface area contributed by atoms with E-state index in [1.807, 2.05) is 18.2 Å². The second-order valence-corrected chi connectivity index (χ2v) is 6.75. The van der Waals surface area contributed by atoms with Gasteiger partial charge in [-0.1, -0.05) is 29.8 Å². The van der Waals surface area contributed by atoms with Gasteiger partial charge in [0.05, 0.1) is 0 Å². The lowest BCUT2D eigenvalue weighted by Crippen LogP contribution is -2.42. The first kappa shape index (κ1) is 21.1. The number of halogens is 2. The monoisotopic (exact) mass is 426 g/mol. The molecule has 0 atom stereocenters. The zero-order chi connectivity index (χ0) is 21.3. The summed E-state index contributed by atoms with van der Waals surface area (Å²) in [4.78, 5) is 26.3. The van der Waals surface area contributed by atoms with Gasteiger partial charge in [-0.05, 0) is 60.7 Å². The lowest BCUT2D eigenvalue weighted by Gasteiger charge is -2.23. The number of hydrogen-bond donors (Lipinski definition) is 3. The van der Waals surface area contributed by atoms with Gasteiger partial charge in [0.2, 0.25) is 0 Å². The first-order valence-electron chi connectivity index (χ1n) is 9.21. The maximum absolute atomic E-state index is 13.3. The van der Waals surface area contributed by atoms with Crippen LogP contribution in [0.1, 0.15) is 0 Å². The van der Waals surface area contributed by atoms with Crippen LogP contribution in [0.25, 0.3) is 0 Å². The molecule has 30 heavy (non-hydrogen) atoms. The molecule has 4 amide bonds. The van der Waals surface area contributed by atoms with Crippen LogP contribution in [0.5, 0.6) is 0 Å². The third kappa shape index (κ3) is 6.22. The Morgan fingerprint density at radius 3 is 2.13 bits per heavy atom. The Hall–Kier alpha value is -3.58. The summed E-state index contributed by atoms with van der Waals surface area (Å²) < 4.78 is 13.3. The van der Waals surface area contributed by atoms with E-state index in [0.29, 0.717) is 22.1 Å². The quantitative estimate of drug-likeness (QED) is 0.497. The van der Waals surface area contributed by atoms with Gasteiger partial charge in [0, 0.05) is 35.2 Å². The number of para-hydroxylation sites is 1. The minimum Gasteiger partial charge on any atom is -0.336 e. The molecule has 6 nitrogen and oxygen atoms in total. The maximum Gasteiger partial charge on any atom is 0.326 e. The van der Waals surface area contributed by atoms with Crippen molar-refractivity contribution in [1.82, 2.24) is 5.32 Å². The molecule has 0 aromatic heterocycles. The minimum atomic E-state index is -0.422. The summed E-state index contributed by atoms with van der Waals surface area (Å²) >= 11 is 5.87. The van der Waals surface area contributed by atoms with Gasteiger partial charge >= 0.3 is 12.1 Å². The summed E-state index contributed by atoms with van der Waals surface area (Å²) in [5.74, 6) is -0.405. The van der Waals surface area contributed by atoms with Gasteiger partial charge in [-0.3, -0.25) is 4.90 Å². The molecular weight excluding hydrogens is 407 g/mol. The molecule has 0 saturated heterocycles. The zero-order valence-corrected chi connectivity index (χ0v) is 16.7. The molecule has 0 heterocycles. The Balaban J connectivity index is 1.63. The van der Waals surface area contributed by atoms with E-state index in [0.717, 1.165) is 0 Å². The molecule has 0 saturated carbocycles. The normalized spacial score (nSPS) is 10.2. The van der Waals surface area contributed by atoms with Crippen molar-refractivity contribution in [2.24, 2.45) is 0 Å². The molecule has 0 unspecified atom stereocenters. The lowest BCUT2D eigenvalue weighted by molar-refractivity contribution is 0.250. The first-order chi connectivity index (χ1) is 14.5. The number of nitrogens with one attached hydrogen (secondary N) is 3. The number of anilines is 3. The van der Waals surface area contributed by atoms with Crippen LogP contribution in [-0.2, 0) is 0 Å². The molecule has 8 heteroatoms. The predicted octanol–water partition coefficient (Wildman–Crippen LogP) is 5.34. The number of hydrogen-bond acceptors (Lipinski definition) is 2. The Labute approximate surface area is 178 Å². The fourth-order valence-corrected chi connectivity index (χ4v) is 2.80. The molecule has 3 N–H and O–H groups in total. The van der Waals surface area contributed by atoms with Gasteiger partial charge < -0.3 is 16.0 Å². The number of urea groups is 2. The second-order valence-electron chi connectivity index (χ2n) is 6.31. The molecule has 0 aliphatic rings. The van der Waals surface area contributed by atoms with Gasteiger partial charge in [0.25, 0.3) is 0 Å². The molecule has 3 aromatic rings. The highest BCUT2D eigenvalue weighted by Crippen LogP contribution is 2.18. The van der Waals surface area contributed by atoms with E-state index in [9.17, 15) is 14.0 Å². The number of nitrogens with zero attached hydrogens (tertiary/aromatic N) is 1. The molecule has 3 aromatic carbocycles. The number of carbonyl (C=O) groups excluding carboxylic acids is 2. The Morgan fingerprint density at radius 2 is 1.47 bits per heavy atom. The summed E-state index contributed by atoms with van der Waals surface area (Å²) in [6.45, 7) is 0.358. The summed E-state index contributed by atoms with van der Waals surface area (Å²) in [5.41, 5.74) is 1.71.